The number of amides is 1. The largest absolute Gasteiger partial charge is 0.457 e. The number of nitrogens with zero attached hydrogens (tertiary/aromatic N) is 5. The van der Waals surface area contributed by atoms with Crippen LogP contribution >= 0.6 is 0 Å². The van der Waals surface area contributed by atoms with Gasteiger partial charge in [0.05, 0.1) is 5.56 Å². The fourth-order valence-electron chi connectivity index (χ4n) is 4.55. The van der Waals surface area contributed by atoms with Crippen molar-refractivity contribution < 1.29 is 9.53 Å². The van der Waals surface area contributed by atoms with Crippen LogP contribution in [0, 0.1) is 5.92 Å². The lowest BCUT2D eigenvalue weighted by atomic mass is 9.99. The highest BCUT2D eigenvalue weighted by Gasteiger charge is 2.25. The molecule has 0 spiro atoms. The molecule has 176 valence electrons. The predicted molar refractivity (Wildman–Crippen MR) is 134 cm³/mol. The molecule has 0 saturated carbocycles. The van der Waals surface area contributed by atoms with E-state index in [9.17, 15) is 4.79 Å². The second kappa shape index (κ2) is 10.1. The average molecular weight is 458 g/mol. The van der Waals surface area contributed by atoms with Crippen molar-refractivity contribution in [3.05, 3.63) is 72.3 Å². The van der Waals surface area contributed by atoms with Gasteiger partial charge in [0.15, 0.2) is 11.6 Å². The molecule has 34 heavy (non-hydrogen) atoms. The number of ether oxygens (including phenoxy) is 1. The van der Waals surface area contributed by atoms with E-state index in [2.05, 4.69) is 39.1 Å². The van der Waals surface area contributed by atoms with Gasteiger partial charge in [0.2, 0.25) is 0 Å². The Labute approximate surface area is 201 Å². The molecule has 2 aliphatic rings. The average Bonchev–Trinajstić information content (AvgIpc) is 2.90. The lowest BCUT2D eigenvalue weighted by Crippen LogP contribution is -2.49. The summed E-state index contributed by atoms with van der Waals surface area (Å²) in [5.41, 5.74) is 0.583. The van der Waals surface area contributed by atoms with Crippen LogP contribution in [0.5, 0.6) is 11.5 Å². The molecule has 1 amide bonds. The number of benzene rings is 2. The van der Waals surface area contributed by atoms with E-state index in [-0.39, 0.29) is 5.91 Å². The molecule has 0 unspecified atom stereocenters. The second-order valence-corrected chi connectivity index (χ2v) is 9.11. The molecule has 0 N–H and O–H groups in total. The van der Waals surface area contributed by atoms with Crippen molar-refractivity contribution in [2.45, 2.75) is 19.8 Å². The second-order valence-electron chi connectivity index (χ2n) is 9.11. The van der Waals surface area contributed by atoms with Gasteiger partial charge in [-0.3, -0.25) is 4.79 Å². The van der Waals surface area contributed by atoms with Crippen molar-refractivity contribution in [2.75, 3.05) is 49.1 Å². The van der Waals surface area contributed by atoms with Gasteiger partial charge in [0, 0.05) is 39.3 Å². The molecule has 2 aliphatic heterocycles. The maximum Gasteiger partial charge on any atom is 0.257 e. The predicted octanol–water partition coefficient (Wildman–Crippen LogP) is 4.47. The Morgan fingerprint density at radius 3 is 2.00 bits per heavy atom. The Hall–Kier alpha value is -3.61. The van der Waals surface area contributed by atoms with E-state index >= 15 is 0 Å². The Balaban J connectivity index is 1.20. The zero-order chi connectivity index (χ0) is 23.3. The van der Waals surface area contributed by atoms with Crippen molar-refractivity contribution in [1.82, 2.24) is 15.1 Å². The molecule has 2 saturated heterocycles. The number of para-hydroxylation sites is 2. The molecule has 2 aromatic carbocycles. The van der Waals surface area contributed by atoms with Crippen LogP contribution in [0.2, 0.25) is 0 Å². The van der Waals surface area contributed by atoms with E-state index in [4.69, 9.17) is 4.74 Å². The van der Waals surface area contributed by atoms with Crippen LogP contribution in [-0.2, 0) is 0 Å². The van der Waals surface area contributed by atoms with Crippen LogP contribution in [0.3, 0.4) is 0 Å². The molecule has 0 bridgehead atoms. The molecule has 3 heterocycles. The van der Waals surface area contributed by atoms with Gasteiger partial charge < -0.3 is 19.4 Å². The number of piperazine rings is 1. The van der Waals surface area contributed by atoms with Gasteiger partial charge >= 0.3 is 0 Å². The first-order valence-corrected chi connectivity index (χ1v) is 12.1. The molecule has 0 atom stereocenters. The van der Waals surface area contributed by atoms with Gasteiger partial charge in [0.1, 0.15) is 11.5 Å². The highest BCUT2D eigenvalue weighted by molar-refractivity contribution is 5.97. The SMILES string of the molecule is CC1CCN(c2ccc(N3CCN(C(=O)c4ccccc4Oc4ccccc4)CC3)nn2)CC1. The summed E-state index contributed by atoms with van der Waals surface area (Å²) in [5.74, 6) is 3.91. The fraction of sp³-hybridized carbons (Fsp3) is 0.370. The molecule has 0 radical (unpaired) electrons. The van der Waals surface area contributed by atoms with Crippen molar-refractivity contribution in [3.63, 3.8) is 0 Å². The Bertz CT molecular complexity index is 1090. The lowest BCUT2D eigenvalue weighted by molar-refractivity contribution is 0.0744. The number of anilines is 2. The highest BCUT2D eigenvalue weighted by atomic mass is 16.5. The summed E-state index contributed by atoms with van der Waals surface area (Å²) in [6.07, 6.45) is 2.41. The smallest absolute Gasteiger partial charge is 0.257 e. The molecular weight excluding hydrogens is 426 g/mol. The van der Waals surface area contributed by atoms with E-state index in [1.807, 2.05) is 59.5 Å². The molecule has 7 heteroatoms. The molecule has 0 aliphatic carbocycles. The zero-order valence-corrected chi connectivity index (χ0v) is 19.6. The minimum atomic E-state index is -0.00746. The standard InChI is InChI=1S/C27H31N5O2/c1-21-13-15-30(16-14-21)25-11-12-26(29-28-25)31-17-19-32(20-18-31)27(33)23-9-5-6-10-24(23)34-22-7-3-2-4-8-22/h2-12,21H,13-20H2,1H3. The van der Waals surface area contributed by atoms with Crippen molar-refractivity contribution in [3.8, 4) is 11.5 Å². The van der Waals surface area contributed by atoms with Gasteiger partial charge in [-0.05, 0) is 55.2 Å². The van der Waals surface area contributed by atoms with Crippen LogP contribution in [0.4, 0.5) is 11.6 Å². The summed E-state index contributed by atoms with van der Waals surface area (Å²) in [6, 6.07) is 21.1. The van der Waals surface area contributed by atoms with Crippen molar-refractivity contribution in [1.29, 1.82) is 0 Å². The van der Waals surface area contributed by atoms with Crippen LogP contribution in [-0.4, -0.2) is 60.3 Å². The molecule has 7 nitrogen and oxygen atoms in total. The van der Waals surface area contributed by atoms with Gasteiger partial charge in [-0.15, -0.1) is 10.2 Å². The van der Waals surface area contributed by atoms with Crippen LogP contribution in [0.1, 0.15) is 30.1 Å². The third-order valence-corrected chi connectivity index (χ3v) is 6.72. The van der Waals surface area contributed by atoms with E-state index in [1.165, 1.54) is 12.8 Å². The minimum Gasteiger partial charge on any atom is -0.457 e. The summed E-state index contributed by atoms with van der Waals surface area (Å²) < 4.78 is 6.00. The number of carbonyl (C=O) groups is 1. The van der Waals surface area contributed by atoms with Gasteiger partial charge in [-0.1, -0.05) is 37.3 Å². The monoisotopic (exact) mass is 457 g/mol. The number of hydrogen-bond acceptors (Lipinski definition) is 6. The van der Waals surface area contributed by atoms with Crippen molar-refractivity contribution >= 4 is 17.5 Å². The Morgan fingerprint density at radius 1 is 0.765 bits per heavy atom. The normalized spacial score (nSPS) is 17.0. The first-order valence-electron chi connectivity index (χ1n) is 12.1. The van der Waals surface area contributed by atoms with Crippen molar-refractivity contribution in [2.24, 2.45) is 5.92 Å². The van der Waals surface area contributed by atoms with Gasteiger partial charge in [-0.25, -0.2) is 0 Å². The molecule has 3 aromatic rings. The maximum atomic E-state index is 13.3. The quantitative estimate of drug-likeness (QED) is 0.564. The number of carbonyl (C=O) groups excluding carboxylic acids is 1. The third-order valence-electron chi connectivity index (χ3n) is 6.72. The first-order chi connectivity index (χ1) is 16.7. The Morgan fingerprint density at radius 2 is 1.35 bits per heavy atom. The number of aromatic nitrogens is 2. The van der Waals surface area contributed by atoms with E-state index < -0.39 is 0 Å². The molecule has 1 aromatic heterocycles. The summed E-state index contributed by atoms with van der Waals surface area (Å²) in [7, 11) is 0. The number of hydrogen-bond donors (Lipinski definition) is 0. The van der Waals surface area contributed by atoms with E-state index in [0.29, 0.717) is 30.2 Å². The summed E-state index contributed by atoms with van der Waals surface area (Å²) in [4.78, 5) is 19.7. The van der Waals surface area contributed by atoms with Gasteiger partial charge in [-0.2, -0.15) is 0 Å². The lowest BCUT2D eigenvalue weighted by Gasteiger charge is -2.35. The van der Waals surface area contributed by atoms with Crippen LogP contribution in [0.25, 0.3) is 0 Å². The summed E-state index contributed by atoms with van der Waals surface area (Å²) in [6.45, 7) is 7.12. The maximum absolute atomic E-state index is 13.3. The molecule has 5 rings (SSSR count). The minimum absolute atomic E-state index is 0.00746. The van der Waals surface area contributed by atoms with Crippen LogP contribution in [0.15, 0.2) is 66.7 Å². The van der Waals surface area contributed by atoms with E-state index in [0.717, 1.165) is 43.7 Å². The number of piperidine rings is 1. The summed E-state index contributed by atoms with van der Waals surface area (Å²) in [5, 5.41) is 8.99. The first kappa shape index (κ1) is 22.2. The van der Waals surface area contributed by atoms with E-state index in [1.54, 1.807) is 0 Å². The Kier molecular flexibility index (Phi) is 6.60. The number of rotatable bonds is 5. The fourth-order valence-corrected chi connectivity index (χ4v) is 4.55. The summed E-state index contributed by atoms with van der Waals surface area (Å²) >= 11 is 0. The van der Waals surface area contributed by atoms with Crippen LogP contribution < -0.4 is 14.5 Å². The topological polar surface area (TPSA) is 61.8 Å². The zero-order valence-electron chi connectivity index (χ0n) is 19.6. The highest BCUT2D eigenvalue weighted by Crippen LogP contribution is 2.27. The molecular formula is C27H31N5O2. The molecule has 2 fully saturated rings. The van der Waals surface area contributed by atoms with Gasteiger partial charge in [0.25, 0.3) is 5.91 Å². The third kappa shape index (κ3) is 4.98.